The van der Waals surface area contributed by atoms with E-state index in [4.69, 9.17) is 5.11 Å². The number of rotatable bonds is 5. The summed E-state index contributed by atoms with van der Waals surface area (Å²) in [5, 5.41) is 20.9. The molecule has 0 fully saturated rings. The lowest BCUT2D eigenvalue weighted by Gasteiger charge is -2.29. The summed E-state index contributed by atoms with van der Waals surface area (Å²) < 4.78 is 37.8. The second kappa shape index (κ2) is 5.69. The molecule has 0 heterocycles. The maximum absolute atomic E-state index is 12.6. The highest BCUT2D eigenvalue weighted by Crippen LogP contribution is 2.31. The molecule has 0 bridgehead atoms. The minimum absolute atomic E-state index is 0.158. The van der Waals surface area contributed by atoms with Gasteiger partial charge in [0.1, 0.15) is 0 Å². The monoisotopic (exact) mass is 263 g/mol. The minimum atomic E-state index is -4.41. The number of nitrogens with one attached hydrogen (secondary N) is 1. The van der Waals surface area contributed by atoms with Gasteiger partial charge < -0.3 is 15.5 Å². The first-order valence-corrected chi connectivity index (χ1v) is 5.48. The summed E-state index contributed by atoms with van der Waals surface area (Å²) in [6.07, 6.45) is -4.41. The molecule has 0 aliphatic carbocycles. The molecular weight excluding hydrogens is 247 g/mol. The van der Waals surface area contributed by atoms with Crippen LogP contribution in [0.3, 0.4) is 0 Å². The smallest absolute Gasteiger partial charge is 0.395 e. The zero-order valence-electron chi connectivity index (χ0n) is 9.96. The highest BCUT2D eigenvalue weighted by atomic mass is 19.4. The average molecular weight is 263 g/mol. The van der Waals surface area contributed by atoms with Crippen molar-refractivity contribution in [3.63, 3.8) is 0 Å². The Kier molecular flexibility index (Phi) is 4.72. The molecule has 0 saturated heterocycles. The Bertz CT molecular complexity index is 395. The third kappa shape index (κ3) is 3.44. The molecular formula is C12H16F3NO2. The van der Waals surface area contributed by atoms with Crippen LogP contribution in [0, 0.1) is 0 Å². The number of hydrogen-bond acceptors (Lipinski definition) is 3. The molecule has 1 aromatic rings. The standard InChI is InChI=1S/C12H16F3NO2/c1-11(8-18,16-5-6-17)9-3-2-4-10(7-9)12(13,14)15/h2-4,7,16-18H,5-6,8H2,1H3/t11-/m1/s1. The van der Waals surface area contributed by atoms with Gasteiger partial charge in [-0.05, 0) is 24.6 Å². The maximum Gasteiger partial charge on any atom is 0.416 e. The Hall–Kier alpha value is -1.11. The van der Waals surface area contributed by atoms with E-state index in [1.807, 2.05) is 0 Å². The molecule has 1 rings (SSSR count). The van der Waals surface area contributed by atoms with E-state index < -0.39 is 17.3 Å². The van der Waals surface area contributed by atoms with Gasteiger partial charge in [0.2, 0.25) is 0 Å². The van der Waals surface area contributed by atoms with Gasteiger partial charge in [0, 0.05) is 6.54 Å². The topological polar surface area (TPSA) is 52.5 Å². The van der Waals surface area contributed by atoms with Gasteiger partial charge in [0.25, 0.3) is 0 Å². The first-order chi connectivity index (χ1) is 8.33. The van der Waals surface area contributed by atoms with E-state index in [-0.39, 0.29) is 19.8 Å². The van der Waals surface area contributed by atoms with Crippen LogP contribution in [0.15, 0.2) is 24.3 Å². The van der Waals surface area contributed by atoms with Crippen molar-refractivity contribution in [1.82, 2.24) is 5.32 Å². The predicted octanol–water partition coefficient (Wildman–Crippen LogP) is 1.49. The zero-order valence-corrected chi connectivity index (χ0v) is 9.96. The molecule has 0 unspecified atom stereocenters. The van der Waals surface area contributed by atoms with E-state index in [9.17, 15) is 18.3 Å². The van der Waals surface area contributed by atoms with Gasteiger partial charge in [-0.1, -0.05) is 12.1 Å². The van der Waals surface area contributed by atoms with Crippen molar-refractivity contribution in [3.05, 3.63) is 35.4 Å². The second-order valence-corrected chi connectivity index (χ2v) is 4.22. The molecule has 0 aromatic heterocycles. The fourth-order valence-electron chi connectivity index (χ4n) is 1.62. The summed E-state index contributed by atoms with van der Waals surface area (Å²) in [5.41, 5.74) is -1.44. The molecule has 0 aliphatic heterocycles. The molecule has 6 heteroatoms. The lowest BCUT2D eigenvalue weighted by molar-refractivity contribution is -0.137. The van der Waals surface area contributed by atoms with Crippen LogP contribution in [0.2, 0.25) is 0 Å². The van der Waals surface area contributed by atoms with E-state index in [1.165, 1.54) is 12.1 Å². The highest BCUT2D eigenvalue weighted by molar-refractivity contribution is 5.31. The molecule has 1 aromatic carbocycles. The number of hydrogen-bond donors (Lipinski definition) is 3. The van der Waals surface area contributed by atoms with Crippen LogP contribution in [0.4, 0.5) is 13.2 Å². The first kappa shape index (κ1) is 14.9. The van der Waals surface area contributed by atoms with Crippen molar-refractivity contribution in [2.75, 3.05) is 19.8 Å². The number of halogens is 3. The fourth-order valence-corrected chi connectivity index (χ4v) is 1.62. The second-order valence-electron chi connectivity index (χ2n) is 4.22. The fraction of sp³-hybridized carbons (Fsp3) is 0.500. The van der Waals surface area contributed by atoms with Crippen molar-refractivity contribution in [1.29, 1.82) is 0 Å². The van der Waals surface area contributed by atoms with Gasteiger partial charge in [0.05, 0.1) is 24.3 Å². The van der Waals surface area contributed by atoms with E-state index in [0.29, 0.717) is 5.56 Å². The minimum Gasteiger partial charge on any atom is -0.395 e. The number of aliphatic hydroxyl groups excluding tert-OH is 2. The highest BCUT2D eigenvalue weighted by Gasteiger charge is 2.33. The third-order valence-corrected chi connectivity index (χ3v) is 2.77. The van der Waals surface area contributed by atoms with Crippen molar-refractivity contribution in [2.45, 2.75) is 18.6 Å². The van der Waals surface area contributed by atoms with Crippen molar-refractivity contribution in [3.8, 4) is 0 Å². The van der Waals surface area contributed by atoms with Crippen LogP contribution in [0.1, 0.15) is 18.1 Å². The summed E-state index contributed by atoms with van der Waals surface area (Å²) in [4.78, 5) is 0. The molecule has 0 saturated carbocycles. The quantitative estimate of drug-likeness (QED) is 0.754. The zero-order chi connectivity index (χ0) is 13.8. The van der Waals surface area contributed by atoms with Crippen molar-refractivity contribution in [2.24, 2.45) is 0 Å². The van der Waals surface area contributed by atoms with Gasteiger partial charge in [0.15, 0.2) is 0 Å². The molecule has 0 amide bonds. The van der Waals surface area contributed by atoms with Crippen molar-refractivity contribution < 1.29 is 23.4 Å². The molecule has 1 atom stereocenters. The maximum atomic E-state index is 12.6. The van der Waals surface area contributed by atoms with Crippen LogP contribution < -0.4 is 5.32 Å². The normalized spacial score (nSPS) is 15.4. The lowest BCUT2D eigenvalue weighted by atomic mass is 9.91. The van der Waals surface area contributed by atoms with E-state index in [2.05, 4.69) is 5.32 Å². The predicted molar refractivity (Wildman–Crippen MR) is 61.0 cm³/mol. The van der Waals surface area contributed by atoms with E-state index in [0.717, 1.165) is 12.1 Å². The molecule has 3 N–H and O–H groups in total. The summed E-state index contributed by atoms with van der Waals surface area (Å²) in [7, 11) is 0. The van der Waals surface area contributed by atoms with Crippen LogP contribution in [-0.2, 0) is 11.7 Å². The van der Waals surface area contributed by atoms with Crippen LogP contribution >= 0.6 is 0 Å². The van der Waals surface area contributed by atoms with E-state index in [1.54, 1.807) is 6.92 Å². The molecule has 102 valence electrons. The molecule has 0 radical (unpaired) electrons. The number of aliphatic hydroxyl groups is 2. The Balaban J connectivity index is 3.07. The van der Waals surface area contributed by atoms with Gasteiger partial charge in [-0.15, -0.1) is 0 Å². The molecule has 0 spiro atoms. The average Bonchev–Trinajstić information content (AvgIpc) is 2.35. The third-order valence-electron chi connectivity index (χ3n) is 2.77. The first-order valence-electron chi connectivity index (χ1n) is 5.48. The Morgan fingerprint density at radius 2 is 1.78 bits per heavy atom. The summed E-state index contributed by atoms with van der Waals surface area (Å²) >= 11 is 0. The van der Waals surface area contributed by atoms with Gasteiger partial charge in [-0.25, -0.2) is 0 Å². The van der Waals surface area contributed by atoms with Crippen LogP contribution in [0.5, 0.6) is 0 Å². The molecule has 3 nitrogen and oxygen atoms in total. The van der Waals surface area contributed by atoms with Crippen LogP contribution in [0.25, 0.3) is 0 Å². The SMILES string of the molecule is C[C@](CO)(NCCO)c1cccc(C(F)(F)F)c1. The van der Waals surface area contributed by atoms with Gasteiger partial charge in [-0.2, -0.15) is 13.2 Å². The van der Waals surface area contributed by atoms with Crippen LogP contribution in [-0.4, -0.2) is 30.0 Å². The van der Waals surface area contributed by atoms with E-state index >= 15 is 0 Å². The number of benzene rings is 1. The molecule has 18 heavy (non-hydrogen) atoms. The number of alkyl halides is 3. The summed E-state index contributed by atoms with van der Waals surface area (Å²) in [6, 6.07) is 4.79. The Labute approximate surface area is 103 Å². The van der Waals surface area contributed by atoms with Gasteiger partial charge >= 0.3 is 6.18 Å². The Morgan fingerprint density at radius 3 is 2.28 bits per heavy atom. The Morgan fingerprint density at radius 1 is 1.17 bits per heavy atom. The molecule has 0 aliphatic rings. The lowest BCUT2D eigenvalue weighted by Crippen LogP contribution is -2.44. The largest absolute Gasteiger partial charge is 0.416 e. The van der Waals surface area contributed by atoms with Crippen molar-refractivity contribution >= 4 is 0 Å². The van der Waals surface area contributed by atoms with Gasteiger partial charge in [-0.3, -0.25) is 0 Å². The summed E-state index contributed by atoms with van der Waals surface area (Å²) in [5.74, 6) is 0. The summed E-state index contributed by atoms with van der Waals surface area (Å²) in [6.45, 7) is 1.24.